The van der Waals surface area contributed by atoms with E-state index in [2.05, 4.69) is 34.3 Å². The molecule has 1 aliphatic rings. The molecule has 0 saturated carbocycles. The predicted octanol–water partition coefficient (Wildman–Crippen LogP) is 4.98. The zero-order valence-electron chi connectivity index (χ0n) is 21.1. The number of rotatable bonds is 7. The molecule has 1 fully saturated rings. The molecule has 1 amide bonds. The first kappa shape index (κ1) is 24.8. The standard InChI is InChI=1S/C29H30N4O3S/c1-3-36-29(35)25-20-27(33(30-25)26-9-5-4-7-21(26)2)22-10-12-23(13-11-22)31-14-16-32(17-15-31)28(34)19-24-8-6-18-37-24/h4-13,18,20H,3,14-17,19H2,1-2H3. The van der Waals surface area contributed by atoms with Crippen LogP contribution >= 0.6 is 11.3 Å². The van der Waals surface area contributed by atoms with E-state index in [1.165, 1.54) is 0 Å². The second-order valence-electron chi connectivity index (χ2n) is 9.00. The van der Waals surface area contributed by atoms with Crippen LogP contribution in [0.5, 0.6) is 0 Å². The van der Waals surface area contributed by atoms with Crippen molar-refractivity contribution in [2.45, 2.75) is 20.3 Å². The summed E-state index contributed by atoms with van der Waals surface area (Å²) >= 11 is 1.63. The van der Waals surface area contributed by atoms with Gasteiger partial charge in [0.2, 0.25) is 5.91 Å². The third-order valence-electron chi connectivity index (χ3n) is 6.60. The fourth-order valence-electron chi connectivity index (χ4n) is 4.61. The number of hydrogen-bond donors (Lipinski definition) is 0. The highest BCUT2D eigenvalue weighted by Gasteiger charge is 2.22. The number of esters is 1. The van der Waals surface area contributed by atoms with Crippen LogP contribution in [0.4, 0.5) is 5.69 Å². The van der Waals surface area contributed by atoms with Crippen LogP contribution in [0.2, 0.25) is 0 Å². The van der Waals surface area contributed by atoms with Crippen molar-refractivity contribution in [2.24, 2.45) is 0 Å². The predicted molar refractivity (Wildman–Crippen MR) is 147 cm³/mol. The van der Waals surface area contributed by atoms with Crippen LogP contribution in [0.15, 0.2) is 72.1 Å². The number of para-hydroxylation sites is 1. The number of piperazine rings is 1. The Kier molecular flexibility index (Phi) is 7.37. The first-order valence-electron chi connectivity index (χ1n) is 12.5. The zero-order valence-corrected chi connectivity index (χ0v) is 21.9. The molecule has 190 valence electrons. The summed E-state index contributed by atoms with van der Waals surface area (Å²) in [6, 6.07) is 22.1. The summed E-state index contributed by atoms with van der Waals surface area (Å²) in [5, 5.41) is 6.60. The van der Waals surface area contributed by atoms with Crippen molar-refractivity contribution in [1.82, 2.24) is 14.7 Å². The third kappa shape index (κ3) is 5.44. The largest absolute Gasteiger partial charge is 0.461 e. The molecule has 8 heteroatoms. The summed E-state index contributed by atoms with van der Waals surface area (Å²) in [4.78, 5) is 30.5. The number of carbonyl (C=O) groups is 2. The van der Waals surface area contributed by atoms with E-state index < -0.39 is 5.97 Å². The van der Waals surface area contributed by atoms with E-state index in [-0.39, 0.29) is 11.6 Å². The minimum atomic E-state index is -0.431. The van der Waals surface area contributed by atoms with Gasteiger partial charge in [-0.25, -0.2) is 9.48 Å². The number of aryl methyl sites for hydroxylation is 1. The Bertz CT molecular complexity index is 1370. The molecule has 0 aliphatic carbocycles. The topological polar surface area (TPSA) is 67.7 Å². The summed E-state index contributed by atoms with van der Waals surface area (Å²) in [5.41, 5.74) is 5.16. The van der Waals surface area contributed by atoms with Crippen LogP contribution in [0.25, 0.3) is 16.9 Å². The number of ether oxygens (including phenoxy) is 1. The normalized spacial score (nSPS) is 13.6. The molecule has 2 aromatic heterocycles. The molecule has 0 N–H and O–H groups in total. The summed E-state index contributed by atoms with van der Waals surface area (Å²) in [5.74, 6) is -0.237. The van der Waals surface area contributed by atoms with Gasteiger partial charge >= 0.3 is 5.97 Å². The minimum Gasteiger partial charge on any atom is -0.461 e. The Labute approximate surface area is 220 Å². The first-order valence-corrected chi connectivity index (χ1v) is 13.4. The average molecular weight is 515 g/mol. The highest BCUT2D eigenvalue weighted by atomic mass is 32.1. The van der Waals surface area contributed by atoms with Crippen molar-refractivity contribution in [1.29, 1.82) is 0 Å². The van der Waals surface area contributed by atoms with Gasteiger partial charge in [-0.3, -0.25) is 4.79 Å². The molecule has 0 atom stereocenters. The van der Waals surface area contributed by atoms with E-state index in [0.717, 1.165) is 59.3 Å². The molecule has 0 spiro atoms. The Hall–Kier alpha value is -3.91. The minimum absolute atomic E-state index is 0.194. The van der Waals surface area contributed by atoms with Crippen LogP contribution in [0, 0.1) is 6.92 Å². The third-order valence-corrected chi connectivity index (χ3v) is 7.48. The van der Waals surface area contributed by atoms with Gasteiger partial charge in [-0.1, -0.05) is 36.4 Å². The lowest BCUT2D eigenvalue weighted by Crippen LogP contribution is -2.49. The second-order valence-corrected chi connectivity index (χ2v) is 10.0. The van der Waals surface area contributed by atoms with Crippen LogP contribution in [-0.4, -0.2) is 59.3 Å². The van der Waals surface area contributed by atoms with Crippen LogP contribution in [0.1, 0.15) is 27.9 Å². The van der Waals surface area contributed by atoms with E-state index in [1.807, 2.05) is 58.3 Å². The van der Waals surface area contributed by atoms with Crippen molar-refractivity contribution in [3.05, 3.63) is 88.2 Å². The molecule has 0 bridgehead atoms. The maximum atomic E-state index is 12.6. The molecule has 3 heterocycles. The number of nitrogens with zero attached hydrogens (tertiary/aromatic N) is 4. The molecular weight excluding hydrogens is 484 g/mol. The van der Waals surface area contributed by atoms with Gasteiger partial charge in [0.15, 0.2) is 5.69 Å². The van der Waals surface area contributed by atoms with E-state index in [4.69, 9.17) is 4.74 Å². The number of aromatic nitrogens is 2. The number of thiophene rings is 1. The fourth-order valence-corrected chi connectivity index (χ4v) is 5.30. The van der Waals surface area contributed by atoms with Gasteiger partial charge < -0.3 is 14.5 Å². The lowest BCUT2D eigenvalue weighted by Gasteiger charge is -2.36. The molecule has 1 aliphatic heterocycles. The SMILES string of the molecule is CCOC(=O)c1cc(-c2ccc(N3CCN(C(=O)Cc4cccs4)CC3)cc2)n(-c2ccccc2C)n1. The molecule has 4 aromatic rings. The summed E-state index contributed by atoms with van der Waals surface area (Å²) in [6.45, 7) is 7.14. The van der Waals surface area contributed by atoms with Crippen molar-refractivity contribution >= 4 is 28.9 Å². The maximum Gasteiger partial charge on any atom is 0.358 e. The molecule has 0 radical (unpaired) electrons. The highest BCUT2D eigenvalue weighted by molar-refractivity contribution is 7.10. The zero-order chi connectivity index (χ0) is 25.8. The lowest BCUT2D eigenvalue weighted by atomic mass is 10.1. The van der Waals surface area contributed by atoms with E-state index in [0.29, 0.717) is 13.0 Å². The van der Waals surface area contributed by atoms with Crippen LogP contribution in [-0.2, 0) is 16.0 Å². The van der Waals surface area contributed by atoms with Crippen molar-refractivity contribution in [2.75, 3.05) is 37.7 Å². The second kappa shape index (κ2) is 11.0. The number of carbonyl (C=O) groups excluding carboxylic acids is 2. The summed E-state index contributed by atoms with van der Waals surface area (Å²) in [7, 11) is 0. The Morgan fingerprint density at radius 1 is 0.973 bits per heavy atom. The number of benzene rings is 2. The van der Waals surface area contributed by atoms with Gasteiger partial charge in [0, 0.05) is 42.3 Å². The monoisotopic (exact) mass is 514 g/mol. The number of anilines is 1. The van der Waals surface area contributed by atoms with E-state index >= 15 is 0 Å². The van der Waals surface area contributed by atoms with E-state index in [1.54, 1.807) is 24.3 Å². The van der Waals surface area contributed by atoms with Gasteiger partial charge in [-0.05, 0) is 55.1 Å². The number of amides is 1. The van der Waals surface area contributed by atoms with Crippen molar-refractivity contribution in [3.8, 4) is 16.9 Å². The molecule has 5 rings (SSSR count). The molecule has 37 heavy (non-hydrogen) atoms. The summed E-state index contributed by atoms with van der Waals surface area (Å²) in [6.07, 6.45) is 0.481. The van der Waals surface area contributed by atoms with E-state index in [9.17, 15) is 9.59 Å². The number of hydrogen-bond acceptors (Lipinski definition) is 6. The van der Waals surface area contributed by atoms with Crippen molar-refractivity contribution < 1.29 is 14.3 Å². The molecule has 7 nitrogen and oxygen atoms in total. The summed E-state index contributed by atoms with van der Waals surface area (Å²) < 4.78 is 7.02. The van der Waals surface area contributed by atoms with Gasteiger partial charge in [0.1, 0.15) is 0 Å². The first-order chi connectivity index (χ1) is 18.0. The molecule has 2 aromatic carbocycles. The lowest BCUT2D eigenvalue weighted by molar-refractivity contribution is -0.130. The quantitative estimate of drug-likeness (QED) is 0.326. The Morgan fingerprint density at radius 3 is 2.41 bits per heavy atom. The molecular formula is C29H30N4O3S. The molecule has 0 unspecified atom stereocenters. The Morgan fingerprint density at radius 2 is 1.73 bits per heavy atom. The van der Waals surface area contributed by atoms with Gasteiger partial charge in [0.25, 0.3) is 0 Å². The fraction of sp³-hybridized carbons (Fsp3) is 0.276. The smallest absolute Gasteiger partial charge is 0.358 e. The Balaban J connectivity index is 1.33. The van der Waals surface area contributed by atoms with Crippen LogP contribution in [0.3, 0.4) is 0 Å². The molecule has 1 saturated heterocycles. The maximum absolute atomic E-state index is 12.6. The highest BCUT2D eigenvalue weighted by Crippen LogP contribution is 2.28. The van der Waals surface area contributed by atoms with Gasteiger partial charge in [0.05, 0.1) is 24.4 Å². The van der Waals surface area contributed by atoms with Crippen molar-refractivity contribution in [3.63, 3.8) is 0 Å². The average Bonchev–Trinajstić information content (AvgIpc) is 3.60. The van der Waals surface area contributed by atoms with Crippen LogP contribution < -0.4 is 4.90 Å². The van der Waals surface area contributed by atoms with Gasteiger partial charge in [-0.2, -0.15) is 5.10 Å². The van der Waals surface area contributed by atoms with Gasteiger partial charge in [-0.15, -0.1) is 11.3 Å².